The lowest BCUT2D eigenvalue weighted by atomic mass is 9.85. The SMILES string of the molecule is CN1CCC(C(CO)CO)CC1. The van der Waals surface area contributed by atoms with Gasteiger partial charge in [-0.15, -0.1) is 0 Å². The van der Waals surface area contributed by atoms with E-state index < -0.39 is 0 Å². The predicted molar refractivity (Wildman–Crippen MR) is 47.9 cm³/mol. The van der Waals surface area contributed by atoms with Crippen LogP contribution in [0.25, 0.3) is 0 Å². The van der Waals surface area contributed by atoms with Crippen molar-refractivity contribution in [3.05, 3.63) is 0 Å². The second kappa shape index (κ2) is 4.80. The molecule has 1 saturated heterocycles. The zero-order chi connectivity index (χ0) is 8.97. The molecule has 0 aromatic carbocycles. The van der Waals surface area contributed by atoms with Gasteiger partial charge in [-0.3, -0.25) is 0 Å². The summed E-state index contributed by atoms with van der Waals surface area (Å²) >= 11 is 0. The van der Waals surface area contributed by atoms with Gasteiger partial charge in [-0.05, 0) is 38.9 Å². The van der Waals surface area contributed by atoms with Gasteiger partial charge >= 0.3 is 0 Å². The van der Waals surface area contributed by atoms with E-state index in [1.54, 1.807) is 0 Å². The first-order valence-corrected chi connectivity index (χ1v) is 4.68. The Hall–Kier alpha value is -0.120. The van der Waals surface area contributed by atoms with Crippen LogP contribution in [0.2, 0.25) is 0 Å². The average Bonchev–Trinajstić information content (AvgIpc) is 2.10. The fourth-order valence-corrected chi connectivity index (χ4v) is 1.86. The maximum atomic E-state index is 8.97. The molecular weight excluding hydrogens is 154 g/mol. The van der Waals surface area contributed by atoms with Gasteiger partial charge in [-0.25, -0.2) is 0 Å². The maximum Gasteiger partial charge on any atom is 0.0483 e. The topological polar surface area (TPSA) is 43.7 Å². The fraction of sp³-hybridized carbons (Fsp3) is 1.00. The Balaban J connectivity index is 2.32. The largest absolute Gasteiger partial charge is 0.396 e. The van der Waals surface area contributed by atoms with Gasteiger partial charge in [0, 0.05) is 19.1 Å². The highest BCUT2D eigenvalue weighted by Gasteiger charge is 2.23. The fourth-order valence-electron chi connectivity index (χ4n) is 1.86. The Bertz CT molecular complexity index is 118. The van der Waals surface area contributed by atoms with Gasteiger partial charge in [0.05, 0.1) is 0 Å². The third-order valence-electron chi connectivity index (χ3n) is 2.90. The number of rotatable bonds is 3. The molecule has 3 heteroatoms. The molecule has 72 valence electrons. The van der Waals surface area contributed by atoms with Crippen LogP contribution in [0.5, 0.6) is 0 Å². The van der Waals surface area contributed by atoms with Crippen LogP contribution < -0.4 is 0 Å². The van der Waals surface area contributed by atoms with Crippen molar-refractivity contribution in [2.75, 3.05) is 33.4 Å². The quantitative estimate of drug-likeness (QED) is 0.628. The number of likely N-dealkylation sites (tertiary alicyclic amines) is 1. The molecule has 0 aromatic rings. The highest BCUT2D eigenvalue weighted by Crippen LogP contribution is 2.23. The molecule has 0 spiro atoms. The van der Waals surface area contributed by atoms with Crippen molar-refractivity contribution < 1.29 is 10.2 Å². The lowest BCUT2D eigenvalue weighted by Crippen LogP contribution is -2.35. The summed E-state index contributed by atoms with van der Waals surface area (Å²) in [7, 11) is 2.11. The molecule has 0 radical (unpaired) electrons. The summed E-state index contributed by atoms with van der Waals surface area (Å²) in [5.74, 6) is 0.634. The number of aliphatic hydroxyl groups is 2. The second-order valence-corrected chi connectivity index (χ2v) is 3.77. The monoisotopic (exact) mass is 173 g/mol. The Kier molecular flexibility index (Phi) is 3.98. The molecule has 0 aliphatic carbocycles. The molecule has 1 aliphatic heterocycles. The highest BCUT2D eigenvalue weighted by molar-refractivity contribution is 4.75. The Morgan fingerprint density at radius 3 is 2.17 bits per heavy atom. The third-order valence-corrected chi connectivity index (χ3v) is 2.90. The van der Waals surface area contributed by atoms with Gasteiger partial charge in [0.25, 0.3) is 0 Å². The molecule has 3 nitrogen and oxygen atoms in total. The second-order valence-electron chi connectivity index (χ2n) is 3.77. The standard InChI is InChI=1S/C9H19NO2/c1-10-4-2-8(3-5-10)9(6-11)7-12/h8-9,11-12H,2-7H2,1H3. The molecular formula is C9H19NO2. The summed E-state index contributed by atoms with van der Waals surface area (Å²) < 4.78 is 0. The normalized spacial score (nSPS) is 22.0. The number of piperidine rings is 1. The molecule has 1 rings (SSSR count). The van der Waals surface area contributed by atoms with Gasteiger partial charge in [-0.1, -0.05) is 0 Å². The van der Waals surface area contributed by atoms with Crippen LogP contribution in [-0.2, 0) is 0 Å². The minimum Gasteiger partial charge on any atom is -0.396 e. The first kappa shape index (κ1) is 9.96. The summed E-state index contributed by atoms with van der Waals surface area (Å²) in [6.07, 6.45) is 2.23. The van der Waals surface area contributed by atoms with Crippen molar-refractivity contribution in [3.8, 4) is 0 Å². The molecule has 0 bridgehead atoms. The molecule has 12 heavy (non-hydrogen) atoms. The van der Waals surface area contributed by atoms with Gasteiger partial charge in [0.1, 0.15) is 0 Å². The summed E-state index contributed by atoms with van der Waals surface area (Å²) in [6, 6.07) is 0. The predicted octanol–water partition coefficient (Wildman–Crippen LogP) is -0.0710. The molecule has 0 saturated carbocycles. The summed E-state index contributed by atoms with van der Waals surface area (Å²) in [5, 5.41) is 17.9. The maximum absolute atomic E-state index is 8.97. The van der Waals surface area contributed by atoms with Crippen LogP contribution in [0.15, 0.2) is 0 Å². The van der Waals surface area contributed by atoms with Gasteiger partial charge in [0.15, 0.2) is 0 Å². The minimum atomic E-state index is 0.110. The Labute approximate surface area is 74.0 Å². The van der Waals surface area contributed by atoms with Gasteiger partial charge < -0.3 is 15.1 Å². The summed E-state index contributed by atoms with van der Waals surface area (Å²) in [6.45, 7) is 2.46. The molecule has 0 atom stereocenters. The third kappa shape index (κ3) is 2.44. The minimum absolute atomic E-state index is 0.110. The molecule has 0 unspecified atom stereocenters. The van der Waals surface area contributed by atoms with E-state index in [0.717, 1.165) is 25.9 Å². The van der Waals surface area contributed by atoms with E-state index >= 15 is 0 Å². The zero-order valence-corrected chi connectivity index (χ0v) is 7.74. The highest BCUT2D eigenvalue weighted by atomic mass is 16.3. The zero-order valence-electron chi connectivity index (χ0n) is 7.74. The van der Waals surface area contributed by atoms with Crippen molar-refractivity contribution in [2.45, 2.75) is 12.8 Å². The molecule has 2 N–H and O–H groups in total. The summed E-state index contributed by atoms with van der Waals surface area (Å²) in [5.41, 5.74) is 0. The van der Waals surface area contributed by atoms with Crippen LogP contribution in [-0.4, -0.2) is 48.5 Å². The van der Waals surface area contributed by atoms with E-state index in [2.05, 4.69) is 11.9 Å². The Morgan fingerprint density at radius 2 is 1.75 bits per heavy atom. The molecule has 1 heterocycles. The number of hydrogen-bond donors (Lipinski definition) is 2. The van der Waals surface area contributed by atoms with Crippen molar-refractivity contribution >= 4 is 0 Å². The van der Waals surface area contributed by atoms with E-state index in [1.165, 1.54) is 0 Å². The van der Waals surface area contributed by atoms with Gasteiger partial charge in [0.2, 0.25) is 0 Å². The molecule has 1 aliphatic rings. The average molecular weight is 173 g/mol. The van der Waals surface area contributed by atoms with Crippen molar-refractivity contribution in [1.29, 1.82) is 0 Å². The van der Waals surface area contributed by atoms with Gasteiger partial charge in [-0.2, -0.15) is 0 Å². The molecule has 1 fully saturated rings. The number of aliphatic hydroxyl groups excluding tert-OH is 2. The van der Waals surface area contributed by atoms with Crippen LogP contribution in [0.1, 0.15) is 12.8 Å². The lowest BCUT2D eigenvalue weighted by Gasteiger charge is -2.32. The van der Waals surface area contributed by atoms with Crippen LogP contribution in [0, 0.1) is 11.8 Å². The van der Waals surface area contributed by atoms with E-state index in [0.29, 0.717) is 5.92 Å². The molecule has 0 amide bonds. The molecule has 0 aromatic heterocycles. The van der Waals surface area contributed by atoms with E-state index in [-0.39, 0.29) is 19.1 Å². The first-order chi connectivity index (χ1) is 5.77. The van der Waals surface area contributed by atoms with Crippen LogP contribution in [0.4, 0.5) is 0 Å². The summed E-state index contributed by atoms with van der Waals surface area (Å²) in [4.78, 5) is 2.29. The van der Waals surface area contributed by atoms with Crippen LogP contribution in [0.3, 0.4) is 0 Å². The van der Waals surface area contributed by atoms with E-state index in [4.69, 9.17) is 10.2 Å². The van der Waals surface area contributed by atoms with Crippen LogP contribution >= 0.6 is 0 Å². The smallest absolute Gasteiger partial charge is 0.0483 e. The van der Waals surface area contributed by atoms with E-state index in [1.807, 2.05) is 0 Å². The number of hydrogen-bond acceptors (Lipinski definition) is 3. The Morgan fingerprint density at radius 1 is 1.25 bits per heavy atom. The van der Waals surface area contributed by atoms with Crippen molar-refractivity contribution in [2.24, 2.45) is 11.8 Å². The van der Waals surface area contributed by atoms with Crippen molar-refractivity contribution in [3.63, 3.8) is 0 Å². The lowest BCUT2D eigenvalue weighted by molar-refractivity contribution is 0.0728. The van der Waals surface area contributed by atoms with Crippen molar-refractivity contribution in [1.82, 2.24) is 4.90 Å². The first-order valence-electron chi connectivity index (χ1n) is 4.68. The number of nitrogens with zero attached hydrogens (tertiary/aromatic N) is 1. The van der Waals surface area contributed by atoms with E-state index in [9.17, 15) is 0 Å².